The van der Waals surface area contributed by atoms with Crippen LogP contribution < -0.4 is 4.74 Å². The van der Waals surface area contributed by atoms with Crippen molar-refractivity contribution in [2.24, 2.45) is 0 Å². The van der Waals surface area contributed by atoms with Crippen LogP contribution in [0.3, 0.4) is 0 Å². The van der Waals surface area contributed by atoms with Gasteiger partial charge in [0.15, 0.2) is 0 Å². The van der Waals surface area contributed by atoms with Gasteiger partial charge >= 0.3 is 41.9 Å². The van der Waals surface area contributed by atoms with E-state index in [0.29, 0.717) is 10.6 Å². The molecule has 0 aliphatic rings. The number of pyridine rings is 1. The molecule has 2 aromatic rings. The third-order valence-corrected chi connectivity index (χ3v) is 3.00. The number of aromatic carboxylic acids is 1. The summed E-state index contributed by atoms with van der Waals surface area (Å²) >= 11 is 1.02. The number of thiophene rings is 1. The monoisotopic (exact) mass is 313 g/mol. The molecule has 4 nitrogen and oxygen atoms in total. The summed E-state index contributed by atoms with van der Waals surface area (Å²) in [6.45, 7) is 0. The van der Waals surface area contributed by atoms with Crippen molar-refractivity contribution in [2.75, 3.05) is 0 Å². The Kier molecular flexibility index (Phi) is 5.58. The number of carbonyl (C=O) groups is 1. The fourth-order valence-electron chi connectivity index (χ4n) is 1.31. The molecule has 0 radical (unpaired) electrons. The molecule has 2 rings (SSSR count). The average Bonchev–Trinajstić information content (AvgIpc) is 2.75. The first kappa shape index (κ1) is 17.0. The standard InChI is InChI=1S/C11H6F3NO3S.Na.H/c12-11(13,14)18-7-3-9(19-5-7)8-2-1-6(4-15-8)10(16)17;;/h1-5H,(H,16,17);;. The molecule has 1 N–H and O–H groups in total. The van der Waals surface area contributed by atoms with Crippen LogP contribution in [0.25, 0.3) is 10.6 Å². The van der Waals surface area contributed by atoms with E-state index in [1.165, 1.54) is 23.6 Å². The average molecular weight is 313 g/mol. The second-order valence-corrected chi connectivity index (χ2v) is 4.34. The van der Waals surface area contributed by atoms with Crippen LogP contribution in [0.1, 0.15) is 10.4 Å². The molecular formula is C11H7F3NNaO3S. The number of carboxylic acids is 1. The summed E-state index contributed by atoms with van der Waals surface area (Å²) in [5.74, 6) is -1.44. The first-order chi connectivity index (χ1) is 8.85. The van der Waals surface area contributed by atoms with Crippen LogP contribution in [0.5, 0.6) is 5.75 Å². The minimum absolute atomic E-state index is 0. The van der Waals surface area contributed by atoms with Gasteiger partial charge in [0.1, 0.15) is 5.75 Å². The Morgan fingerprint density at radius 3 is 2.55 bits per heavy atom. The Morgan fingerprint density at radius 2 is 2.05 bits per heavy atom. The van der Waals surface area contributed by atoms with E-state index in [0.717, 1.165) is 17.5 Å². The van der Waals surface area contributed by atoms with Crippen LogP contribution in [-0.2, 0) is 0 Å². The summed E-state index contributed by atoms with van der Waals surface area (Å²) in [5.41, 5.74) is 0.388. The first-order valence-electron chi connectivity index (χ1n) is 4.89. The van der Waals surface area contributed by atoms with Gasteiger partial charge in [0.25, 0.3) is 0 Å². The zero-order valence-corrected chi connectivity index (χ0v) is 9.96. The molecule has 2 aromatic heterocycles. The Labute approximate surface area is 137 Å². The SMILES string of the molecule is O=C(O)c1ccc(-c2cc(OC(F)(F)F)cs2)nc1.[NaH]. The summed E-state index contributed by atoms with van der Waals surface area (Å²) in [5, 5.41) is 9.90. The topological polar surface area (TPSA) is 59.4 Å². The Morgan fingerprint density at radius 1 is 1.35 bits per heavy atom. The van der Waals surface area contributed by atoms with Crippen LogP contribution in [-0.4, -0.2) is 52.0 Å². The summed E-state index contributed by atoms with van der Waals surface area (Å²) in [6, 6.07) is 3.95. The van der Waals surface area contributed by atoms with Gasteiger partial charge in [-0.05, 0) is 12.1 Å². The van der Waals surface area contributed by atoms with Crippen molar-refractivity contribution in [3.63, 3.8) is 0 Å². The van der Waals surface area contributed by atoms with Crippen molar-refractivity contribution in [3.05, 3.63) is 35.3 Å². The van der Waals surface area contributed by atoms with Gasteiger partial charge in [0.05, 0.1) is 16.1 Å². The fourth-order valence-corrected chi connectivity index (χ4v) is 2.09. The maximum atomic E-state index is 12.0. The summed E-state index contributed by atoms with van der Waals surface area (Å²) in [6.07, 6.45) is -3.60. The Balaban J connectivity index is 0.00000200. The molecule has 102 valence electrons. The van der Waals surface area contributed by atoms with Crippen LogP contribution in [0.2, 0.25) is 0 Å². The van der Waals surface area contributed by atoms with Crippen molar-refractivity contribution in [2.45, 2.75) is 6.36 Å². The van der Waals surface area contributed by atoms with Gasteiger partial charge in [-0.2, -0.15) is 0 Å². The summed E-state index contributed by atoms with van der Waals surface area (Å²) < 4.78 is 39.7. The van der Waals surface area contributed by atoms with Crippen molar-refractivity contribution < 1.29 is 27.8 Å². The van der Waals surface area contributed by atoms with Gasteiger partial charge in [0, 0.05) is 17.6 Å². The molecule has 0 fully saturated rings. The summed E-state index contributed by atoms with van der Waals surface area (Å²) in [7, 11) is 0. The van der Waals surface area contributed by atoms with E-state index in [1.54, 1.807) is 0 Å². The van der Waals surface area contributed by atoms with Gasteiger partial charge in [-0.1, -0.05) is 0 Å². The van der Waals surface area contributed by atoms with Gasteiger partial charge in [0.2, 0.25) is 0 Å². The number of rotatable bonds is 3. The van der Waals surface area contributed by atoms with Crippen molar-refractivity contribution >= 4 is 46.9 Å². The van der Waals surface area contributed by atoms with E-state index >= 15 is 0 Å². The quantitative estimate of drug-likeness (QED) is 0.885. The van der Waals surface area contributed by atoms with E-state index in [9.17, 15) is 18.0 Å². The van der Waals surface area contributed by atoms with Gasteiger partial charge in [-0.25, -0.2) is 4.79 Å². The van der Waals surface area contributed by atoms with Crippen molar-refractivity contribution in [1.29, 1.82) is 0 Å². The second-order valence-electron chi connectivity index (χ2n) is 3.43. The molecule has 0 atom stereocenters. The van der Waals surface area contributed by atoms with E-state index in [4.69, 9.17) is 5.11 Å². The first-order valence-corrected chi connectivity index (χ1v) is 5.77. The molecule has 0 saturated carbocycles. The second kappa shape index (κ2) is 6.57. The Bertz CT molecular complexity index is 598. The molecule has 0 aromatic carbocycles. The number of hydrogen-bond donors (Lipinski definition) is 1. The molecule has 0 saturated heterocycles. The van der Waals surface area contributed by atoms with Crippen LogP contribution in [0.15, 0.2) is 29.8 Å². The van der Waals surface area contributed by atoms with E-state index in [2.05, 4.69) is 9.72 Å². The zero-order valence-electron chi connectivity index (χ0n) is 9.14. The third kappa shape index (κ3) is 4.48. The number of halogens is 3. The number of hydrogen-bond acceptors (Lipinski definition) is 4. The number of alkyl halides is 3. The fraction of sp³-hybridized carbons (Fsp3) is 0.0909. The zero-order chi connectivity index (χ0) is 14.0. The Hall–Kier alpha value is -1.09. The molecule has 9 heteroatoms. The summed E-state index contributed by atoms with van der Waals surface area (Å²) in [4.78, 5) is 15.0. The normalized spacial score (nSPS) is 10.8. The molecule has 0 aliphatic heterocycles. The maximum absolute atomic E-state index is 12.0. The number of nitrogens with zero attached hydrogens (tertiary/aromatic N) is 1. The van der Waals surface area contributed by atoms with Gasteiger partial charge in [-0.3, -0.25) is 4.98 Å². The molecule has 0 spiro atoms. The minimum atomic E-state index is -4.74. The predicted octanol–water partition coefficient (Wildman–Crippen LogP) is 2.76. The van der Waals surface area contributed by atoms with Crippen LogP contribution in [0, 0.1) is 0 Å². The predicted molar refractivity (Wildman–Crippen MR) is 68.3 cm³/mol. The molecule has 20 heavy (non-hydrogen) atoms. The van der Waals surface area contributed by atoms with Crippen molar-refractivity contribution in [3.8, 4) is 16.3 Å². The van der Waals surface area contributed by atoms with E-state index in [1.807, 2.05) is 0 Å². The van der Waals surface area contributed by atoms with Crippen LogP contribution in [0.4, 0.5) is 13.2 Å². The molecular weight excluding hydrogens is 306 g/mol. The van der Waals surface area contributed by atoms with Crippen molar-refractivity contribution in [1.82, 2.24) is 4.98 Å². The van der Waals surface area contributed by atoms with E-state index in [-0.39, 0.29) is 40.9 Å². The number of ether oxygens (including phenoxy) is 1. The third-order valence-electron chi connectivity index (χ3n) is 2.07. The number of carboxylic acid groups (broad SMARTS) is 1. The van der Waals surface area contributed by atoms with E-state index < -0.39 is 12.3 Å². The van der Waals surface area contributed by atoms with Crippen LogP contribution >= 0.6 is 11.3 Å². The van der Waals surface area contributed by atoms with Gasteiger partial charge < -0.3 is 9.84 Å². The molecule has 0 unspecified atom stereocenters. The molecule has 0 bridgehead atoms. The van der Waals surface area contributed by atoms with Gasteiger partial charge in [-0.15, -0.1) is 24.5 Å². The number of aromatic nitrogens is 1. The molecule has 0 aliphatic carbocycles. The molecule has 2 heterocycles. The molecule has 0 amide bonds.